The van der Waals surface area contributed by atoms with E-state index in [1.165, 1.54) is 12.1 Å². The summed E-state index contributed by atoms with van der Waals surface area (Å²) in [5.41, 5.74) is 2.95. The minimum Gasteiger partial charge on any atom is -0.515 e. The molecular weight excluding hydrogens is 303 g/mol. The van der Waals surface area contributed by atoms with E-state index in [4.69, 9.17) is 4.99 Å². The molecule has 3 nitrogen and oxygen atoms in total. The molecule has 1 atom stereocenters. The summed E-state index contributed by atoms with van der Waals surface area (Å²) >= 11 is 0. The molecule has 2 aromatic carbocycles. The van der Waals surface area contributed by atoms with E-state index in [9.17, 15) is 9.50 Å². The van der Waals surface area contributed by atoms with Crippen molar-refractivity contribution in [3.8, 4) is 0 Å². The van der Waals surface area contributed by atoms with Crippen LogP contribution in [0.4, 0.5) is 4.39 Å². The smallest absolute Gasteiger partial charge is 0.155 e. The van der Waals surface area contributed by atoms with Crippen LogP contribution in [0.15, 0.2) is 76.4 Å². The maximum atomic E-state index is 13.3. The van der Waals surface area contributed by atoms with Gasteiger partial charge in [0.2, 0.25) is 0 Å². The standard InChI is InChI=1S/C20H19FN2O/c1-13(2)18-17(12-24)19(14-8-10-16(21)11-9-14)23-20(22-18)15-6-4-3-5-7-15/h3-13,18,24H,1-2H3. The van der Waals surface area contributed by atoms with Crippen molar-refractivity contribution in [1.82, 2.24) is 0 Å². The number of aliphatic imine (C=N–C) groups is 2. The topological polar surface area (TPSA) is 45.0 Å². The number of rotatable bonds is 3. The third kappa shape index (κ3) is 3.13. The number of aliphatic hydroxyl groups is 1. The van der Waals surface area contributed by atoms with Crippen LogP contribution in [0.25, 0.3) is 0 Å². The van der Waals surface area contributed by atoms with Gasteiger partial charge in [-0.15, -0.1) is 0 Å². The Morgan fingerprint density at radius 1 is 1.00 bits per heavy atom. The summed E-state index contributed by atoms with van der Waals surface area (Å²) in [6.45, 7) is 4.10. The molecule has 2 aromatic rings. The summed E-state index contributed by atoms with van der Waals surface area (Å²) in [6.07, 6.45) is 1.07. The molecule has 1 N–H and O–H groups in total. The molecule has 0 aliphatic carbocycles. The van der Waals surface area contributed by atoms with Gasteiger partial charge in [0.15, 0.2) is 5.84 Å². The average molecular weight is 322 g/mol. The van der Waals surface area contributed by atoms with Crippen molar-refractivity contribution in [1.29, 1.82) is 0 Å². The van der Waals surface area contributed by atoms with Crippen LogP contribution in [0.5, 0.6) is 0 Å². The first-order valence-corrected chi connectivity index (χ1v) is 7.92. The summed E-state index contributed by atoms with van der Waals surface area (Å²) in [7, 11) is 0. The highest BCUT2D eigenvalue weighted by atomic mass is 19.1. The van der Waals surface area contributed by atoms with Crippen LogP contribution in [0.3, 0.4) is 0 Å². The van der Waals surface area contributed by atoms with E-state index >= 15 is 0 Å². The SMILES string of the molecule is CC(C)C1N=C(c2ccccc2)N=C(c2ccc(F)cc2)C1=CO. The summed E-state index contributed by atoms with van der Waals surface area (Å²) < 4.78 is 13.3. The summed E-state index contributed by atoms with van der Waals surface area (Å²) in [5, 5.41) is 9.77. The molecule has 122 valence electrons. The summed E-state index contributed by atoms with van der Waals surface area (Å²) in [4.78, 5) is 9.38. The number of nitrogens with zero attached hydrogens (tertiary/aromatic N) is 2. The van der Waals surface area contributed by atoms with Crippen LogP contribution in [0, 0.1) is 11.7 Å². The Labute approximate surface area is 140 Å². The van der Waals surface area contributed by atoms with Gasteiger partial charge in [-0.3, -0.25) is 4.99 Å². The van der Waals surface area contributed by atoms with Gasteiger partial charge >= 0.3 is 0 Å². The molecule has 0 bridgehead atoms. The number of benzene rings is 2. The first-order valence-electron chi connectivity index (χ1n) is 7.92. The molecular formula is C20H19FN2O. The highest BCUT2D eigenvalue weighted by Gasteiger charge is 2.28. The third-order valence-electron chi connectivity index (χ3n) is 3.99. The zero-order valence-corrected chi connectivity index (χ0v) is 13.6. The molecule has 24 heavy (non-hydrogen) atoms. The van der Waals surface area contributed by atoms with E-state index in [0.717, 1.165) is 17.4 Å². The van der Waals surface area contributed by atoms with E-state index in [1.807, 2.05) is 44.2 Å². The van der Waals surface area contributed by atoms with Crippen LogP contribution < -0.4 is 0 Å². The largest absolute Gasteiger partial charge is 0.515 e. The van der Waals surface area contributed by atoms with Gasteiger partial charge in [-0.1, -0.05) is 44.2 Å². The zero-order valence-electron chi connectivity index (χ0n) is 13.6. The Morgan fingerprint density at radius 2 is 1.67 bits per heavy atom. The number of halogens is 1. The highest BCUT2D eigenvalue weighted by Crippen LogP contribution is 2.26. The van der Waals surface area contributed by atoms with Crippen LogP contribution in [0.2, 0.25) is 0 Å². The van der Waals surface area contributed by atoms with Crippen LogP contribution in [0.1, 0.15) is 25.0 Å². The minimum absolute atomic E-state index is 0.188. The monoisotopic (exact) mass is 322 g/mol. The molecule has 0 saturated heterocycles. The van der Waals surface area contributed by atoms with Crippen molar-refractivity contribution in [3.63, 3.8) is 0 Å². The number of hydrogen-bond donors (Lipinski definition) is 1. The third-order valence-corrected chi connectivity index (χ3v) is 3.99. The van der Waals surface area contributed by atoms with Gasteiger partial charge in [0.05, 0.1) is 18.0 Å². The minimum atomic E-state index is -0.304. The number of aliphatic hydroxyl groups excluding tert-OH is 1. The predicted molar refractivity (Wildman–Crippen MR) is 95.3 cm³/mol. The van der Waals surface area contributed by atoms with Gasteiger partial charge in [0.25, 0.3) is 0 Å². The Morgan fingerprint density at radius 3 is 2.25 bits per heavy atom. The number of amidine groups is 1. The van der Waals surface area contributed by atoms with Crippen LogP contribution in [-0.2, 0) is 0 Å². The highest BCUT2D eigenvalue weighted by molar-refractivity contribution is 6.21. The molecule has 1 heterocycles. The van der Waals surface area contributed by atoms with Gasteiger partial charge in [-0.05, 0) is 30.2 Å². The van der Waals surface area contributed by atoms with Crippen molar-refractivity contribution in [2.24, 2.45) is 15.9 Å². The van der Waals surface area contributed by atoms with Crippen molar-refractivity contribution in [2.45, 2.75) is 19.9 Å². The molecule has 0 aromatic heterocycles. The van der Waals surface area contributed by atoms with Gasteiger partial charge in [-0.2, -0.15) is 0 Å². The van der Waals surface area contributed by atoms with E-state index in [-0.39, 0.29) is 17.8 Å². The van der Waals surface area contributed by atoms with Gasteiger partial charge in [-0.25, -0.2) is 9.38 Å². The van der Waals surface area contributed by atoms with Crippen molar-refractivity contribution >= 4 is 11.5 Å². The Kier molecular flexibility index (Phi) is 4.56. The van der Waals surface area contributed by atoms with E-state index in [0.29, 0.717) is 17.1 Å². The van der Waals surface area contributed by atoms with Crippen molar-refractivity contribution in [2.75, 3.05) is 0 Å². The first kappa shape index (κ1) is 16.1. The molecule has 0 radical (unpaired) electrons. The molecule has 0 saturated carbocycles. The fourth-order valence-electron chi connectivity index (χ4n) is 2.75. The molecule has 1 unspecified atom stereocenters. The van der Waals surface area contributed by atoms with Crippen LogP contribution >= 0.6 is 0 Å². The lowest BCUT2D eigenvalue weighted by atomic mass is 9.89. The summed E-state index contributed by atoms with van der Waals surface area (Å²) in [5.74, 6) is 0.509. The quantitative estimate of drug-likeness (QED) is 0.828. The van der Waals surface area contributed by atoms with Crippen molar-refractivity contribution < 1.29 is 9.50 Å². The van der Waals surface area contributed by atoms with E-state index < -0.39 is 0 Å². The van der Waals surface area contributed by atoms with E-state index in [2.05, 4.69) is 4.99 Å². The molecule has 4 heteroatoms. The lowest BCUT2D eigenvalue weighted by Crippen LogP contribution is -2.29. The predicted octanol–water partition coefficient (Wildman–Crippen LogP) is 4.54. The second-order valence-corrected chi connectivity index (χ2v) is 6.06. The fourth-order valence-corrected chi connectivity index (χ4v) is 2.75. The first-order chi connectivity index (χ1) is 11.6. The number of hydrogen-bond acceptors (Lipinski definition) is 3. The maximum Gasteiger partial charge on any atom is 0.155 e. The Balaban J connectivity index is 2.14. The molecule has 0 amide bonds. The zero-order chi connectivity index (χ0) is 17.1. The Hall–Kier alpha value is -2.75. The second-order valence-electron chi connectivity index (χ2n) is 6.06. The van der Waals surface area contributed by atoms with E-state index in [1.54, 1.807) is 12.1 Å². The molecule has 0 fully saturated rings. The second kappa shape index (κ2) is 6.79. The summed E-state index contributed by atoms with van der Waals surface area (Å²) in [6, 6.07) is 15.6. The van der Waals surface area contributed by atoms with Gasteiger partial charge < -0.3 is 5.11 Å². The fraction of sp³-hybridized carbons (Fsp3) is 0.200. The van der Waals surface area contributed by atoms with Crippen molar-refractivity contribution in [3.05, 3.63) is 83.4 Å². The molecule has 1 aliphatic heterocycles. The lowest BCUT2D eigenvalue weighted by molar-refractivity contribution is 0.454. The normalized spacial score (nSPS) is 19.3. The molecule has 3 rings (SSSR count). The molecule has 0 spiro atoms. The van der Waals surface area contributed by atoms with Gasteiger partial charge in [0, 0.05) is 16.7 Å². The lowest BCUT2D eigenvalue weighted by Gasteiger charge is -2.26. The molecule has 1 aliphatic rings. The van der Waals surface area contributed by atoms with Crippen LogP contribution in [-0.4, -0.2) is 22.7 Å². The van der Waals surface area contributed by atoms with Gasteiger partial charge in [0.1, 0.15) is 5.82 Å². The Bertz CT molecular complexity index is 805. The average Bonchev–Trinajstić information content (AvgIpc) is 2.62. The maximum absolute atomic E-state index is 13.3.